The number of ether oxygens (including phenoxy) is 2. The lowest BCUT2D eigenvalue weighted by Crippen LogP contribution is -2.30. The van der Waals surface area contributed by atoms with Crippen LogP contribution in [0.15, 0.2) is 53.4 Å². The van der Waals surface area contributed by atoms with Crippen LogP contribution in [0.25, 0.3) is 0 Å². The highest BCUT2D eigenvalue weighted by Gasteiger charge is 2.08. The minimum absolute atomic E-state index is 0.126. The van der Waals surface area contributed by atoms with Gasteiger partial charge in [-0.2, -0.15) is 0 Å². The fourth-order valence-corrected chi connectivity index (χ4v) is 2.95. The van der Waals surface area contributed by atoms with E-state index in [0.29, 0.717) is 29.9 Å². The first-order valence-corrected chi connectivity index (χ1v) is 8.92. The van der Waals surface area contributed by atoms with Crippen molar-refractivity contribution in [1.82, 2.24) is 5.32 Å². The first kappa shape index (κ1) is 18.9. The standard InChI is InChI=1S/C19H21NO4S/c1-23-16-8-9-18(15(12-16)13-21)24-14-19(22)20-10-5-11-25-17-6-3-2-4-7-17/h2-4,6-9,12-13H,5,10-11,14H2,1H3,(H,20,22). The van der Waals surface area contributed by atoms with Crippen LogP contribution in [0, 0.1) is 0 Å². The lowest BCUT2D eigenvalue weighted by atomic mass is 10.2. The Balaban J connectivity index is 1.66. The maximum Gasteiger partial charge on any atom is 0.257 e. The molecule has 0 heterocycles. The van der Waals surface area contributed by atoms with E-state index in [0.717, 1.165) is 12.2 Å². The molecule has 2 aromatic rings. The zero-order valence-electron chi connectivity index (χ0n) is 14.1. The van der Waals surface area contributed by atoms with Gasteiger partial charge in [0.15, 0.2) is 12.9 Å². The number of benzene rings is 2. The number of nitrogens with one attached hydrogen (secondary N) is 1. The van der Waals surface area contributed by atoms with E-state index in [4.69, 9.17) is 9.47 Å². The van der Waals surface area contributed by atoms with Crippen molar-refractivity contribution < 1.29 is 19.1 Å². The molecule has 25 heavy (non-hydrogen) atoms. The van der Waals surface area contributed by atoms with Gasteiger partial charge in [-0.25, -0.2) is 0 Å². The maximum atomic E-state index is 11.8. The van der Waals surface area contributed by atoms with E-state index in [9.17, 15) is 9.59 Å². The number of carbonyl (C=O) groups excluding carboxylic acids is 2. The maximum absolute atomic E-state index is 11.8. The van der Waals surface area contributed by atoms with Gasteiger partial charge in [-0.3, -0.25) is 9.59 Å². The number of rotatable bonds is 10. The number of hydrogen-bond donors (Lipinski definition) is 1. The molecule has 6 heteroatoms. The molecule has 0 fully saturated rings. The summed E-state index contributed by atoms with van der Waals surface area (Å²) in [6.07, 6.45) is 1.55. The number of hydrogen-bond acceptors (Lipinski definition) is 5. The Kier molecular flexibility index (Phi) is 7.85. The third kappa shape index (κ3) is 6.51. The molecule has 2 rings (SSSR count). The molecule has 0 saturated heterocycles. The van der Waals surface area contributed by atoms with Crippen molar-refractivity contribution in [2.75, 3.05) is 26.0 Å². The van der Waals surface area contributed by atoms with Gasteiger partial charge in [0.25, 0.3) is 5.91 Å². The van der Waals surface area contributed by atoms with Crippen LogP contribution in [0.5, 0.6) is 11.5 Å². The molecule has 1 amide bonds. The smallest absolute Gasteiger partial charge is 0.257 e. The molecule has 0 aliphatic carbocycles. The summed E-state index contributed by atoms with van der Waals surface area (Å²) in [7, 11) is 1.52. The summed E-state index contributed by atoms with van der Waals surface area (Å²) in [5.74, 6) is 1.65. The molecule has 0 aliphatic rings. The Labute approximate surface area is 151 Å². The summed E-state index contributed by atoms with van der Waals surface area (Å²) < 4.78 is 10.5. The van der Waals surface area contributed by atoms with E-state index in [2.05, 4.69) is 17.4 Å². The fourth-order valence-electron chi connectivity index (χ4n) is 2.08. The van der Waals surface area contributed by atoms with Gasteiger partial charge in [-0.1, -0.05) is 18.2 Å². The van der Waals surface area contributed by atoms with E-state index in [1.54, 1.807) is 30.0 Å². The van der Waals surface area contributed by atoms with Crippen LogP contribution in [0.3, 0.4) is 0 Å². The zero-order chi connectivity index (χ0) is 17.9. The number of methoxy groups -OCH3 is 1. The second-order valence-electron chi connectivity index (χ2n) is 5.18. The third-order valence-electron chi connectivity index (χ3n) is 3.36. The quantitative estimate of drug-likeness (QED) is 0.401. The Morgan fingerprint density at radius 1 is 1.20 bits per heavy atom. The van der Waals surface area contributed by atoms with E-state index >= 15 is 0 Å². The predicted molar refractivity (Wildman–Crippen MR) is 98.7 cm³/mol. The topological polar surface area (TPSA) is 64.6 Å². The van der Waals surface area contributed by atoms with Gasteiger partial charge in [0.05, 0.1) is 12.7 Å². The second-order valence-corrected chi connectivity index (χ2v) is 6.34. The summed E-state index contributed by atoms with van der Waals surface area (Å²) in [6.45, 7) is 0.462. The molecule has 2 aromatic carbocycles. The molecule has 0 saturated carbocycles. The highest BCUT2D eigenvalue weighted by Crippen LogP contribution is 2.22. The zero-order valence-corrected chi connectivity index (χ0v) is 14.9. The average Bonchev–Trinajstić information content (AvgIpc) is 2.66. The Bertz CT molecular complexity index is 691. The van der Waals surface area contributed by atoms with Crippen LogP contribution in [-0.2, 0) is 4.79 Å². The average molecular weight is 359 g/mol. The molecule has 0 atom stereocenters. The normalized spacial score (nSPS) is 10.1. The molecule has 1 N–H and O–H groups in total. The fraction of sp³-hybridized carbons (Fsp3) is 0.263. The molecule has 0 spiro atoms. The van der Waals surface area contributed by atoms with E-state index in [1.165, 1.54) is 12.0 Å². The molecule has 0 radical (unpaired) electrons. The monoisotopic (exact) mass is 359 g/mol. The molecular formula is C19H21NO4S. The molecule has 0 aliphatic heterocycles. The second kappa shape index (κ2) is 10.4. The van der Waals surface area contributed by atoms with E-state index in [1.807, 2.05) is 18.2 Å². The van der Waals surface area contributed by atoms with Gasteiger partial charge in [0.1, 0.15) is 11.5 Å². The van der Waals surface area contributed by atoms with Crippen LogP contribution in [0.4, 0.5) is 0 Å². The van der Waals surface area contributed by atoms with Gasteiger partial charge < -0.3 is 14.8 Å². The van der Waals surface area contributed by atoms with Crippen molar-refractivity contribution in [3.05, 3.63) is 54.1 Å². The SMILES string of the molecule is COc1ccc(OCC(=O)NCCCSc2ccccc2)c(C=O)c1. The molecule has 132 valence electrons. The molecule has 0 aromatic heterocycles. The number of amides is 1. The largest absolute Gasteiger partial charge is 0.497 e. The van der Waals surface area contributed by atoms with Gasteiger partial charge in [0.2, 0.25) is 0 Å². The summed E-state index contributed by atoms with van der Waals surface area (Å²) in [6, 6.07) is 15.0. The lowest BCUT2D eigenvalue weighted by molar-refractivity contribution is -0.123. The van der Waals surface area contributed by atoms with Gasteiger partial charge in [-0.15, -0.1) is 11.8 Å². The Hall–Kier alpha value is -2.47. The van der Waals surface area contributed by atoms with Crippen molar-refractivity contribution in [3.8, 4) is 11.5 Å². The Morgan fingerprint density at radius 3 is 2.72 bits per heavy atom. The molecule has 0 bridgehead atoms. The van der Waals surface area contributed by atoms with Gasteiger partial charge >= 0.3 is 0 Å². The van der Waals surface area contributed by atoms with Gasteiger partial charge in [-0.05, 0) is 42.5 Å². The van der Waals surface area contributed by atoms with Crippen LogP contribution < -0.4 is 14.8 Å². The molecular weight excluding hydrogens is 338 g/mol. The van der Waals surface area contributed by atoms with Gasteiger partial charge in [0, 0.05) is 11.4 Å². The minimum atomic E-state index is -0.211. The van der Waals surface area contributed by atoms with Crippen molar-refractivity contribution >= 4 is 24.0 Å². The first-order chi connectivity index (χ1) is 12.2. The van der Waals surface area contributed by atoms with Crippen molar-refractivity contribution in [3.63, 3.8) is 0 Å². The van der Waals surface area contributed by atoms with Crippen LogP contribution >= 0.6 is 11.8 Å². The minimum Gasteiger partial charge on any atom is -0.497 e. The summed E-state index contributed by atoms with van der Waals surface area (Å²) in [5, 5.41) is 2.81. The highest BCUT2D eigenvalue weighted by molar-refractivity contribution is 7.99. The predicted octanol–water partition coefficient (Wildman–Crippen LogP) is 3.19. The number of aldehydes is 1. The van der Waals surface area contributed by atoms with Crippen molar-refractivity contribution in [1.29, 1.82) is 0 Å². The highest BCUT2D eigenvalue weighted by atomic mass is 32.2. The third-order valence-corrected chi connectivity index (χ3v) is 4.46. The van der Waals surface area contributed by atoms with Crippen molar-refractivity contribution in [2.45, 2.75) is 11.3 Å². The number of carbonyl (C=O) groups is 2. The summed E-state index contributed by atoms with van der Waals surface area (Å²) in [5.41, 5.74) is 0.353. The summed E-state index contributed by atoms with van der Waals surface area (Å²) >= 11 is 1.76. The lowest BCUT2D eigenvalue weighted by Gasteiger charge is -2.10. The Morgan fingerprint density at radius 2 is 2.00 bits per heavy atom. The van der Waals surface area contributed by atoms with Crippen LogP contribution in [0.1, 0.15) is 16.8 Å². The number of thioether (sulfide) groups is 1. The van der Waals surface area contributed by atoms with Crippen LogP contribution in [-0.4, -0.2) is 38.2 Å². The van der Waals surface area contributed by atoms with Crippen molar-refractivity contribution in [2.24, 2.45) is 0 Å². The van der Waals surface area contributed by atoms with E-state index < -0.39 is 0 Å². The first-order valence-electron chi connectivity index (χ1n) is 7.93. The molecule has 5 nitrogen and oxygen atoms in total. The molecule has 0 unspecified atom stereocenters. The van der Waals surface area contributed by atoms with E-state index in [-0.39, 0.29) is 12.5 Å². The van der Waals surface area contributed by atoms with Crippen LogP contribution in [0.2, 0.25) is 0 Å². The summed E-state index contributed by atoms with van der Waals surface area (Å²) in [4.78, 5) is 24.1.